The Morgan fingerprint density at radius 2 is 1.68 bits per heavy atom. The van der Waals surface area contributed by atoms with Crippen LogP contribution in [0.2, 0.25) is 5.02 Å². The summed E-state index contributed by atoms with van der Waals surface area (Å²) in [5.41, 5.74) is 2.62. The summed E-state index contributed by atoms with van der Waals surface area (Å²) >= 11 is 6.13. The number of anilines is 1. The molecule has 0 radical (unpaired) electrons. The Labute approximate surface area is 187 Å². The number of sulfonamides is 1. The van der Waals surface area contributed by atoms with Gasteiger partial charge < -0.3 is 10.1 Å². The van der Waals surface area contributed by atoms with Crippen molar-refractivity contribution in [1.82, 2.24) is 4.31 Å². The summed E-state index contributed by atoms with van der Waals surface area (Å²) in [7, 11) is -3.81. The molecule has 1 fully saturated rings. The Balaban J connectivity index is 1.68. The number of carbonyl (C=O) groups is 2. The molecule has 1 N–H and O–H groups in total. The van der Waals surface area contributed by atoms with E-state index in [0.29, 0.717) is 18.8 Å². The van der Waals surface area contributed by atoms with Crippen LogP contribution < -0.4 is 5.32 Å². The van der Waals surface area contributed by atoms with Gasteiger partial charge >= 0.3 is 5.97 Å². The number of aryl methyl sites for hydroxylation is 2. The van der Waals surface area contributed by atoms with Gasteiger partial charge in [0, 0.05) is 18.8 Å². The molecule has 1 aliphatic heterocycles. The molecular weight excluding hydrogens is 440 g/mol. The number of hydrogen-bond acceptors (Lipinski definition) is 5. The summed E-state index contributed by atoms with van der Waals surface area (Å²) in [6.07, 6.45) is 2.55. The highest BCUT2D eigenvalue weighted by atomic mass is 35.5. The standard InChI is InChI=1S/C22H25ClN2O5S/c1-15-10-16(2)12-18(11-15)24-21(26)14-30-22(27)17-6-7-19(23)20(13-17)31(28,29)25-8-4-3-5-9-25/h6-7,10-13H,3-5,8-9,14H2,1-2H3,(H,24,26). The van der Waals surface area contributed by atoms with E-state index in [1.54, 1.807) is 0 Å². The smallest absolute Gasteiger partial charge is 0.338 e. The van der Waals surface area contributed by atoms with E-state index in [-0.39, 0.29) is 15.5 Å². The van der Waals surface area contributed by atoms with Crippen LogP contribution in [0.15, 0.2) is 41.3 Å². The second kappa shape index (κ2) is 9.80. The summed E-state index contributed by atoms with van der Waals surface area (Å²) in [5, 5.41) is 2.72. The molecule has 0 unspecified atom stereocenters. The van der Waals surface area contributed by atoms with Crippen LogP contribution in [0.3, 0.4) is 0 Å². The van der Waals surface area contributed by atoms with Crippen LogP contribution >= 0.6 is 11.6 Å². The largest absolute Gasteiger partial charge is 0.452 e. The Morgan fingerprint density at radius 1 is 1.03 bits per heavy atom. The number of rotatable bonds is 6. The van der Waals surface area contributed by atoms with Gasteiger partial charge in [-0.25, -0.2) is 13.2 Å². The first kappa shape index (κ1) is 23.2. The maximum Gasteiger partial charge on any atom is 0.338 e. The molecule has 0 saturated carbocycles. The zero-order chi connectivity index (χ0) is 22.6. The molecule has 166 valence electrons. The minimum absolute atomic E-state index is 0.0131. The fourth-order valence-electron chi connectivity index (χ4n) is 3.53. The van der Waals surface area contributed by atoms with Gasteiger partial charge in [-0.15, -0.1) is 0 Å². The molecular formula is C22H25ClN2O5S. The van der Waals surface area contributed by atoms with Gasteiger partial charge in [0.1, 0.15) is 4.90 Å². The first-order chi connectivity index (χ1) is 14.7. The quantitative estimate of drug-likeness (QED) is 0.654. The highest BCUT2D eigenvalue weighted by Gasteiger charge is 2.29. The molecule has 9 heteroatoms. The predicted octanol–water partition coefficient (Wildman–Crippen LogP) is 3.93. The third kappa shape index (κ3) is 5.84. The lowest BCUT2D eigenvalue weighted by Crippen LogP contribution is -2.35. The van der Waals surface area contributed by atoms with Gasteiger partial charge in [0.15, 0.2) is 6.61 Å². The van der Waals surface area contributed by atoms with Gasteiger partial charge in [0.05, 0.1) is 10.6 Å². The van der Waals surface area contributed by atoms with Gasteiger partial charge in [0.25, 0.3) is 5.91 Å². The Kier molecular flexibility index (Phi) is 7.35. The minimum Gasteiger partial charge on any atom is -0.452 e. The van der Waals surface area contributed by atoms with E-state index in [1.165, 1.54) is 22.5 Å². The van der Waals surface area contributed by atoms with Crippen LogP contribution in [-0.4, -0.2) is 44.3 Å². The molecule has 1 amide bonds. The monoisotopic (exact) mass is 464 g/mol. The van der Waals surface area contributed by atoms with Crippen LogP contribution in [0.1, 0.15) is 40.7 Å². The number of amides is 1. The number of ether oxygens (including phenoxy) is 1. The summed E-state index contributed by atoms with van der Waals surface area (Å²) in [6, 6.07) is 9.53. The van der Waals surface area contributed by atoms with Crippen molar-refractivity contribution in [2.24, 2.45) is 0 Å². The molecule has 0 aromatic heterocycles. The Bertz CT molecular complexity index is 1070. The molecule has 1 saturated heterocycles. The fourth-order valence-corrected chi connectivity index (χ4v) is 5.55. The van der Waals surface area contributed by atoms with E-state index in [0.717, 1.165) is 30.4 Å². The van der Waals surface area contributed by atoms with Crippen LogP contribution in [0.4, 0.5) is 5.69 Å². The van der Waals surface area contributed by atoms with Gasteiger partial charge in [-0.05, 0) is 68.1 Å². The van der Waals surface area contributed by atoms with Gasteiger partial charge in [-0.3, -0.25) is 4.79 Å². The van der Waals surface area contributed by atoms with E-state index >= 15 is 0 Å². The van der Waals surface area contributed by atoms with E-state index in [1.807, 2.05) is 32.0 Å². The molecule has 31 heavy (non-hydrogen) atoms. The van der Waals surface area contributed by atoms with Crippen molar-refractivity contribution in [1.29, 1.82) is 0 Å². The third-order valence-electron chi connectivity index (χ3n) is 4.94. The fraction of sp³-hybridized carbons (Fsp3) is 0.364. The molecule has 7 nitrogen and oxygen atoms in total. The Morgan fingerprint density at radius 3 is 2.32 bits per heavy atom. The summed E-state index contributed by atoms with van der Waals surface area (Å²) in [6.45, 7) is 4.18. The van der Waals surface area contributed by atoms with E-state index in [2.05, 4.69) is 5.32 Å². The summed E-state index contributed by atoms with van der Waals surface area (Å²) < 4.78 is 32.3. The topological polar surface area (TPSA) is 92.8 Å². The summed E-state index contributed by atoms with van der Waals surface area (Å²) in [5.74, 6) is -1.30. The zero-order valence-corrected chi connectivity index (χ0v) is 19.1. The summed E-state index contributed by atoms with van der Waals surface area (Å²) in [4.78, 5) is 24.4. The minimum atomic E-state index is -3.81. The number of piperidine rings is 1. The number of benzene rings is 2. The number of nitrogens with one attached hydrogen (secondary N) is 1. The first-order valence-electron chi connectivity index (χ1n) is 10.0. The molecule has 0 spiro atoms. The second-order valence-electron chi connectivity index (χ2n) is 7.61. The maximum absolute atomic E-state index is 12.9. The van der Waals surface area contributed by atoms with Crippen LogP contribution in [-0.2, 0) is 19.6 Å². The second-order valence-corrected chi connectivity index (χ2v) is 9.92. The SMILES string of the molecule is Cc1cc(C)cc(NC(=O)COC(=O)c2ccc(Cl)c(S(=O)(=O)N3CCCCC3)c2)c1. The molecule has 0 atom stereocenters. The van der Waals surface area contributed by atoms with Gasteiger partial charge in [0.2, 0.25) is 10.0 Å². The van der Waals surface area contributed by atoms with Crippen molar-refractivity contribution in [3.8, 4) is 0 Å². The molecule has 2 aromatic carbocycles. The molecule has 2 aromatic rings. The molecule has 1 heterocycles. The van der Waals surface area contributed by atoms with Crippen molar-refractivity contribution in [2.45, 2.75) is 38.0 Å². The lowest BCUT2D eigenvalue weighted by molar-refractivity contribution is -0.119. The molecule has 0 aliphatic carbocycles. The number of esters is 1. The van der Waals surface area contributed by atoms with E-state index in [9.17, 15) is 18.0 Å². The van der Waals surface area contributed by atoms with Crippen LogP contribution in [0.5, 0.6) is 0 Å². The van der Waals surface area contributed by atoms with E-state index in [4.69, 9.17) is 16.3 Å². The van der Waals surface area contributed by atoms with Crippen LogP contribution in [0.25, 0.3) is 0 Å². The van der Waals surface area contributed by atoms with E-state index < -0.39 is 28.5 Å². The molecule has 0 bridgehead atoms. The maximum atomic E-state index is 12.9. The van der Waals surface area contributed by atoms with Crippen molar-refractivity contribution in [2.75, 3.05) is 25.0 Å². The third-order valence-corrected chi connectivity index (χ3v) is 7.32. The van der Waals surface area contributed by atoms with Gasteiger partial charge in [-0.1, -0.05) is 24.1 Å². The predicted molar refractivity (Wildman–Crippen MR) is 119 cm³/mol. The molecule has 3 rings (SSSR count). The highest BCUT2D eigenvalue weighted by molar-refractivity contribution is 7.89. The number of halogens is 1. The average Bonchev–Trinajstić information content (AvgIpc) is 2.72. The van der Waals surface area contributed by atoms with Crippen LogP contribution in [0, 0.1) is 13.8 Å². The lowest BCUT2D eigenvalue weighted by Gasteiger charge is -2.26. The average molecular weight is 465 g/mol. The number of hydrogen-bond donors (Lipinski definition) is 1. The lowest BCUT2D eigenvalue weighted by atomic mass is 10.1. The highest BCUT2D eigenvalue weighted by Crippen LogP contribution is 2.28. The van der Waals surface area contributed by atoms with Crippen molar-refractivity contribution < 1.29 is 22.7 Å². The van der Waals surface area contributed by atoms with Crippen molar-refractivity contribution in [3.05, 3.63) is 58.1 Å². The van der Waals surface area contributed by atoms with Crippen molar-refractivity contribution >= 4 is 39.2 Å². The molecule has 1 aliphatic rings. The van der Waals surface area contributed by atoms with Crippen molar-refractivity contribution in [3.63, 3.8) is 0 Å². The zero-order valence-electron chi connectivity index (χ0n) is 17.5. The number of carbonyl (C=O) groups excluding carboxylic acids is 2. The first-order valence-corrected chi connectivity index (χ1v) is 11.8. The normalized spacial score (nSPS) is 14.8. The Hall–Kier alpha value is -2.42. The number of nitrogens with zero attached hydrogens (tertiary/aromatic N) is 1. The van der Waals surface area contributed by atoms with Gasteiger partial charge in [-0.2, -0.15) is 4.31 Å².